The van der Waals surface area contributed by atoms with E-state index in [2.05, 4.69) is 36.6 Å². The second-order valence-electron chi connectivity index (χ2n) is 6.65. The normalized spacial score (nSPS) is 25.6. The number of hydrogen-bond acceptors (Lipinski definition) is 2. The lowest BCUT2D eigenvalue weighted by atomic mass is 9.78. The molecule has 1 saturated heterocycles. The summed E-state index contributed by atoms with van der Waals surface area (Å²) in [6.07, 6.45) is 11.9. The van der Waals surface area contributed by atoms with Crippen molar-refractivity contribution < 1.29 is 4.79 Å². The second kappa shape index (κ2) is 9.18. The van der Waals surface area contributed by atoms with Crippen LogP contribution in [0.1, 0.15) is 57.8 Å². The Morgan fingerprint density at radius 1 is 1.19 bits per heavy atom. The topological polar surface area (TPSA) is 44.4 Å². The highest BCUT2D eigenvalue weighted by atomic mass is 127. The summed E-state index contributed by atoms with van der Waals surface area (Å²) in [6.45, 7) is 1.95. The Morgan fingerprint density at radius 2 is 1.90 bits per heavy atom. The largest absolute Gasteiger partial charge is 0.341 e. The van der Waals surface area contributed by atoms with Gasteiger partial charge in [-0.1, -0.05) is 32.1 Å². The van der Waals surface area contributed by atoms with E-state index in [1.165, 1.54) is 51.4 Å². The van der Waals surface area contributed by atoms with Crippen LogP contribution in [0.15, 0.2) is 0 Å². The van der Waals surface area contributed by atoms with Gasteiger partial charge < -0.3 is 10.2 Å². The molecule has 122 valence electrons. The molecule has 0 aromatic carbocycles. The lowest BCUT2D eigenvalue weighted by Gasteiger charge is -2.41. The maximum absolute atomic E-state index is 12.2. The molecule has 5 heteroatoms. The van der Waals surface area contributed by atoms with Crippen molar-refractivity contribution in [2.45, 2.75) is 63.8 Å². The van der Waals surface area contributed by atoms with Gasteiger partial charge in [-0.15, -0.1) is 0 Å². The summed E-state index contributed by atoms with van der Waals surface area (Å²) < 4.78 is 3.34. The molecule has 2 atom stereocenters. The molecule has 1 aliphatic heterocycles. The molecule has 0 spiro atoms. The van der Waals surface area contributed by atoms with Crippen LogP contribution in [0.2, 0.25) is 0 Å². The fraction of sp³-hybridized carbons (Fsp3) is 0.938. The van der Waals surface area contributed by atoms with Crippen molar-refractivity contribution in [1.82, 2.24) is 13.7 Å². The molecule has 0 radical (unpaired) electrons. The number of halogens is 1. The number of carbonyl (C=O) groups is 1. The van der Waals surface area contributed by atoms with Crippen molar-refractivity contribution in [3.8, 4) is 0 Å². The molecule has 1 aliphatic carbocycles. The lowest BCUT2D eigenvalue weighted by Crippen LogP contribution is -2.52. The van der Waals surface area contributed by atoms with Crippen molar-refractivity contribution in [1.29, 1.82) is 0 Å². The average Bonchev–Trinajstić information content (AvgIpc) is 2.55. The van der Waals surface area contributed by atoms with E-state index in [0.717, 1.165) is 25.4 Å². The van der Waals surface area contributed by atoms with Gasteiger partial charge in [0.25, 0.3) is 0 Å². The van der Waals surface area contributed by atoms with Gasteiger partial charge in [0, 0.05) is 49.0 Å². The molecular weight excluding hydrogens is 377 g/mol. The summed E-state index contributed by atoms with van der Waals surface area (Å²) in [5.41, 5.74) is 0. The van der Waals surface area contributed by atoms with E-state index in [1.54, 1.807) is 7.05 Å². The average molecular weight is 407 g/mol. The fourth-order valence-corrected chi connectivity index (χ4v) is 4.74. The van der Waals surface area contributed by atoms with Crippen LogP contribution in [-0.4, -0.2) is 37.1 Å². The van der Waals surface area contributed by atoms with Gasteiger partial charge in [-0.05, 0) is 37.5 Å². The Labute approximate surface area is 143 Å². The first-order valence-corrected chi connectivity index (χ1v) is 9.66. The summed E-state index contributed by atoms with van der Waals surface area (Å²) >= 11 is 2.26. The highest BCUT2D eigenvalue weighted by molar-refractivity contribution is 14.1. The molecule has 2 amide bonds. The summed E-state index contributed by atoms with van der Waals surface area (Å²) in [4.78, 5) is 14.3. The minimum atomic E-state index is 0.113. The number of hydrogen-bond donors (Lipinski definition) is 2. The maximum Gasteiger partial charge on any atom is 0.317 e. The van der Waals surface area contributed by atoms with Crippen LogP contribution in [0.3, 0.4) is 0 Å². The van der Waals surface area contributed by atoms with E-state index in [9.17, 15) is 4.79 Å². The monoisotopic (exact) mass is 407 g/mol. The Hall–Kier alpha value is -0.0400. The van der Waals surface area contributed by atoms with Crippen molar-refractivity contribution in [2.75, 3.05) is 20.1 Å². The lowest BCUT2D eigenvalue weighted by molar-refractivity contribution is 0.106. The quantitative estimate of drug-likeness (QED) is 0.539. The first-order chi connectivity index (χ1) is 10.3. The number of nitrogens with zero attached hydrogens (tertiary/aromatic N) is 1. The summed E-state index contributed by atoms with van der Waals surface area (Å²) in [5, 5.41) is 2.83. The summed E-state index contributed by atoms with van der Waals surface area (Å²) in [6, 6.07) is 0.532. The van der Waals surface area contributed by atoms with Gasteiger partial charge in [0.05, 0.1) is 0 Å². The highest BCUT2D eigenvalue weighted by Gasteiger charge is 2.33. The van der Waals surface area contributed by atoms with Crippen LogP contribution in [0, 0.1) is 11.8 Å². The molecule has 2 rings (SSSR count). The van der Waals surface area contributed by atoms with Crippen molar-refractivity contribution in [2.24, 2.45) is 11.8 Å². The van der Waals surface area contributed by atoms with E-state index in [4.69, 9.17) is 0 Å². The Morgan fingerprint density at radius 3 is 2.57 bits per heavy atom. The van der Waals surface area contributed by atoms with Crippen LogP contribution >= 0.6 is 22.9 Å². The maximum atomic E-state index is 12.2. The van der Waals surface area contributed by atoms with Crippen LogP contribution in [0.4, 0.5) is 4.79 Å². The molecule has 0 aromatic heterocycles. The fourth-order valence-electron chi connectivity index (χ4n) is 4.17. The molecule has 4 nitrogen and oxygen atoms in total. The molecule has 2 N–H and O–H groups in total. The first-order valence-electron chi connectivity index (χ1n) is 8.58. The number of likely N-dealkylation sites (tertiary alicyclic amines) is 1. The predicted octanol–water partition coefficient (Wildman–Crippen LogP) is 3.71. The van der Waals surface area contributed by atoms with Crippen LogP contribution in [0.25, 0.3) is 0 Å². The van der Waals surface area contributed by atoms with E-state index in [-0.39, 0.29) is 6.03 Å². The van der Waals surface area contributed by atoms with E-state index in [0.29, 0.717) is 12.0 Å². The molecule has 2 fully saturated rings. The van der Waals surface area contributed by atoms with Crippen LogP contribution in [0.5, 0.6) is 0 Å². The highest BCUT2D eigenvalue weighted by Crippen LogP contribution is 2.33. The first kappa shape index (κ1) is 17.3. The minimum absolute atomic E-state index is 0.113. The molecule has 1 heterocycles. The zero-order chi connectivity index (χ0) is 15.1. The summed E-state index contributed by atoms with van der Waals surface area (Å²) in [7, 11) is 1.75. The Bertz CT molecular complexity index is 321. The van der Waals surface area contributed by atoms with E-state index >= 15 is 0 Å². The molecule has 0 aromatic rings. The van der Waals surface area contributed by atoms with Crippen LogP contribution < -0.4 is 8.85 Å². The smallest absolute Gasteiger partial charge is 0.317 e. The second-order valence-corrected chi connectivity index (χ2v) is 7.41. The van der Waals surface area contributed by atoms with Crippen molar-refractivity contribution in [3.05, 3.63) is 0 Å². The number of rotatable bonds is 5. The number of piperidine rings is 1. The SMILES string of the molecule is CNC(=O)N1CCCCC1C(CNI)CC1CCCCC1. The third-order valence-electron chi connectivity index (χ3n) is 5.27. The third kappa shape index (κ3) is 4.98. The van der Waals surface area contributed by atoms with Gasteiger partial charge in [-0.3, -0.25) is 3.53 Å². The predicted molar refractivity (Wildman–Crippen MR) is 95.5 cm³/mol. The summed E-state index contributed by atoms with van der Waals surface area (Å²) in [5.74, 6) is 1.48. The number of carbonyl (C=O) groups excluding carboxylic acids is 1. The van der Waals surface area contributed by atoms with Gasteiger partial charge in [0.1, 0.15) is 0 Å². The number of nitrogens with one attached hydrogen (secondary N) is 2. The molecule has 1 saturated carbocycles. The van der Waals surface area contributed by atoms with Crippen LogP contribution in [-0.2, 0) is 0 Å². The van der Waals surface area contributed by atoms with Gasteiger partial charge in [-0.2, -0.15) is 0 Å². The van der Waals surface area contributed by atoms with Gasteiger partial charge in [0.2, 0.25) is 0 Å². The number of urea groups is 1. The molecule has 0 bridgehead atoms. The minimum Gasteiger partial charge on any atom is -0.341 e. The van der Waals surface area contributed by atoms with Gasteiger partial charge in [-0.25, -0.2) is 4.79 Å². The Balaban J connectivity index is 2.00. The molecule has 21 heavy (non-hydrogen) atoms. The third-order valence-corrected chi connectivity index (χ3v) is 5.71. The Kier molecular flexibility index (Phi) is 7.57. The zero-order valence-corrected chi connectivity index (χ0v) is 15.4. The van der Waals surface area contributed by atoms with E-state index < -0.39 is 0 Å². The standard InChI is InChI=1S/C16H30IN3O/c1-18-16(21)20-10-6-5-9-15(20)14(12-19-17)11-13-7-3-2-4-8-13/h13-15,19H,2-12H2,1H3,(H,18,21). The zero-order valence-electron chi connectivity index (χ0n) is 13.2. The van der Waals surface area contributed by atoms with E-state index in [1.807, 2.05) is 0 Å². The number of amides is 2. The van der Waals surface area contributed by atoms with Crippen molar-refractivity contribution in [3.63, 3.8) is 0 Å². The molecule has 2 unspecified atom stereocenters. The molecular formula is C16H30IN3O. The molecule has 2 aliphatic rings. The van der Waals surface area contributed by atoms with Gasteiger partial charge in [0.15, 0.2) is 0 Å². The van der Waals surface area contributed by atoms with Gasteiger partial charge >= 0.3 is 6.03 Å². The van der Waals surface area contributed by atoms with Crippen molar-refractivity contribution >= 4 is 28.9 Å².